The first-order valence-electron chi connectivity index (χ1n) is 7.13. The maximum absolute atomic E-state index is 12.1. The molecule has 1 amide bonds. The van der Waals surface area contributed by atoms with Gasteiger partial charge in [0.1, 0.15) is 6.61 Å². The summed E-state index contributed by atoms with van der Waals surface area (Å²) >= 11 is 10.9. The third-order valence-electron chi connectivity index (χ3n) is 3.20. The van der Waals surface area contributed by atoms with Gasteiger partial charge in [-0.2, -0.15) is 0 Å². The molecule has 1 atom stereocenters. The number of halogens is 1. The Hall–Kier alpha value is -2.51. The lowest BCUT2D eigenvalue weighted by Gasteiger charge is -2.25. The highest BCUT2D eigenvalue weighted by Gasteiger charge is 2.27. The summed E-state index contributed by atoms with van der Waals surface area (Å²) in [7, 11) is 0. The normalized spacial score (nSPS) is 15.3. The Morgan fingerprint density at radius 3 is 2.54 bits per heavy atom. The van der Waals surface area contributed by atoms with Crippen LogP contribution >= 0.6 is 23.8 Å². The molecule has 0 spiro atoms. The zero-order valence-corrected chi connectivity index (χ0v) is 14.0. The number of rotatable bonds is 2. The molecule has 8 heteroatoms. The van der Waals surface area contributed by atoms with Crippen LogP contribution in [0.15, 0.2) is 48.5 Å². The maximum atomic E-state index is 12.1. The molecule has 3 rings (SSSR count). The van der Waals surface area contributed by atoms with Gasteiger partial charge in [0.25, 0.3) is 5.91 Å². The quantitative estimate of drug-likeness (QED) is 0.562. The lowest BCUT2D eigenvalue weighted by molar-refractivity contribution is -0.130. The van der Waals surface area contributed by atoms with E-state index < -0.39 is 6.10 Å². The first-order valence-corrected chi connectivity index (χ1v) is 7.91. The second-order valence-electron chi connectivity index (χ2n) is 4.94. The van der Waals surface area contributed by atoms with Gasteiger partial charge in [0.15, 0.2) is 16.6 Å². The first kappa shape index (κ1) is 16.4. The number of fused-ring (bicyclic) bond motifs is 1. The number of nitrogens with one attached hydrogen (secondary N) is 3. The van der Waals surface area contributed by atoms with Crippen molar-refractivity contribution in [3.8, 4) is 11.5 Å². The maximum Gasteiger partial charge on any atom is 0.283 e. The van der Waals surface area contributed by atoms with Gasteiger partial charge in [-0.25, -0.2) is 0 Å². The minimum atomic E-state index is -0.759. The summed E-state index contributed by atoms with van der Waals surface area (Å²) in [5.41, 5.74) is 5.86. The molecule has 0 aromatic heterocycles. The minimum Gasteiger partial charge on any atom is -0.485 e. The Morgan fingerprint density at radius 1 is 1.08 bits per heavy atom. The molecule has 6 nitrogen and oxygen atoms in total. The summed E-state index contributed by atoms with van der Waals surface area (Å²) in [6.07, 6.45) is -0.759. The molecular formula is C16H14ClN3O3S. The van der Waals surface area contributed by atoms with E-state index in [-0.39, 0.29) is 17.6 Å². The molecule has 2 aromatic carbocycles. The highest BCUT2D eigenvalue weighted by atomic mass is 35.5. The summed E-state index contributed by atoms with van der Waals surface area (Å²) in [5, 5.41) is 3.78. The third-order valence-corrected chi connectivity index (χ3v) is 3.66. The number of hydrogen-bond acceptors (Lipinski definition) is 4. The van der Waals surface area contributed by atoms with E-state index in [1.807, 2.05) is 12.1 Å². The fraction of sp³-hybridized carbons (Fsp3) is 0.125. The summed E-state index contributed by atoms with van der Waals surface area (Å²) in [4.78, 5) is 12.1. The molecule has 0 fully saturated rings. The number of carbonyl (C=O) groups is 1. The lowest BCUT2D eigenvalue weighted by Crippen LogP contribution is -2.51. The average molecular weight is 364 g/mol. The van der Waals surface area contributed by atoms with E-state index in [0.29, 0.717) is 16.5 Å². The Bertz CT molecular complexity index is 754. The Kier molecular flexibility index (Phi) is 5.02. The minimum absolute atomic E-state index is 0.127. The van der Waals surface area contributed by atoms with E-state index in [2.05, 4.69) is 16.2 Å². The summed E-state index contributed by atoms with van der Waals surface area (Å²) in [6, 6.07) is 14.2. The van der Waals surface area contributed by atoms with E-state index in [1.54, 1.807) is 36.4 Å². The monoisotopic (exact) mass is 363 g/mol. The van der Waals surface area contributed by atoms with Gasteiger partial charge in [0, 0.05) is 10.7 Å². The number of para-hydroxylation sites is 2. The number of hydrogen-bond donors (Lipinski definition) is 3. The van der Waals surface area contributed by atoms with Crippen LogP contribution in [0, 0.1) is 0 Å². The van der Waals surface area contributed by atoms with Crippen molar-refractivity contribution in [3.63, 3.8) is 0 Å². The van der Waals surface area contributed by atoms with Gasteiger partial charge in [-0.3, -0.25) is 15.6 Å². The van der Waals surface area contributed by atoms with E-state index >= 15 is 0 Å². The van der Waals surface area contributed by atoms with Crippen LogP contribution in [-0.2, 0) is 4.79 Å². The van der Waals surface area contributed by atoms with Gasteiger partial charge in [0.05, 0.1) is 0 Å². The molecule has 1 aliphatic heterocycles. The predicted molar refractivity (Wildman–Crippen MR) is 95.3 cm³/mol. The largest absolute Gasteiger partial charge is 0.485 e. The molecule has 124 valence electrons. The highest BCUT2D eigenvalue weighted by molar-refractivity contribution is 7.80. The van der Waals surface area contributed by atoms with Crippen LogP contribution in [0.3, 0.4) is 0 Å². The van der Waals surface area contributed by atoms with Crippen molar-refractivity contribution in [1.82, 2.24) is 10.9 Å². The zero-order chi connectivity index (χ0) is 16.9. The molecule has 3 N–H and O–H groups in total. The van der Waals surface area contributed by atoms with Crippen molar-refractivity contribution in [2.75, 3.05) is 11.9 Å². The molecule has 0 aliphatic carbocycles. The Labute approximate surface area is 149 Å². The first-order chi connectivity index (χ1) is 11.6. The van der Waals surface area contributed by atoms with Crippen molar-refractivity contribution >= 4 is 40.5 Å². The van der Waals surface area contributed by atoms with Gasteiger partial charge >= 0.3 is 0 Å². The van der Waals surface area contributed by atoms with Crippen molar-refractivity contribution in [2.45, 2.75) is 6.10 Å². The molecule has 24 heavy (non-hydrogen) atoms. The van der Waals surface area contributed by atoms with Crippen LogP contribution in [0.25, 0.3) is 0 Å². The van der Waals surface area contributed by atoms with Gasteiger partial charge in [-0.05, 0) is 48.6 Å². The lowest BCUT2D eigenvalue weighted by atomic mass is 10.2. The van der Waals surface area contributed by atoms with Gasteiger partial charge in [-0.15, -0.1) is 0 Å². The number of amides is 1. The molecule has 0 saturated carbocycles. The summed E-state index contributed by atoms with van der Waals surface area (Å²) in [5.74, 6) is 0.768. The predicted octanol–water partition coefficient (Wildman–Crippen LogP) is 2.50. The smallest absolute Gasteiger partial charge is 0.283 e. The number of carbonyl (C=O) groups excluding carboxylic acids is 1. The van der Waals surface area contributed by atoms with Crippen LogP contribution in [0.2, 0.25) is 5.02 Å². The zero-order valence-electron chi connectivity index (χ0n) is 12.4. The molecule has 0 saturated heterocycles. The third kappa shape index (κ3) is 4.06. The number of ether oxygens (including phenoxy) is 2. The molecule has 1 heterocycles. The fourth-order valence-corrected chi connectivity index (χ4v) is 2.34. The van der Waals surface area contributed by atoms with Crippen molar-refractivity contribution < 1.29 is 14.3 Å². The van der Waals surface area contributed by atoms with Crippen LogP contribution in [0.1, 0.15) is 0 Å². The summed E-state index contributed by atoms with van der Waals surface area (Å²) in [6.45, 7) is 0.127. The summed E-state index contributed by atoms with van der Waals surface area (Å²) < 4.78 is 11.1. The van der Waals surface area contributed by atoms with E-state index in [0.717, 1.165) is 5.69 Å². The standard InChI is InChI=1S/C16H14ClN3O3S/c17-10-5-7-11(8-6-10)18-16(24)20-19-15(21)14-9-22-12-3-1-2-4-13(12)23-14/h1-8,14H,9H2,(H,19,21)(H2,18,20,24). The molecular weight excluding hydrogens is 350 g/mol. The van der Waals surface area contributed by atoms with Crippen LogP contribution < -0.4 is 25.6 Å². The van der Waals surface area contributed by atoms with Crippen molar-refractivity contribution in [2.24, 2.45) is 0 Å². The number of anilines is 1. The Balaban J connectivity index is 1.49. The second kappa shape index (κ2) is 7.37. The van der Waals surface area contributed by atoms with Crippen molar-refractivity contribution in [3.05, 3.63) is 53.6 Å². The van der Waals surface area contributed by atoms with Gasteiger partial charge in [0.2, 0.25) is 6.10 Å². The highest BCUT2D eigenvalue weighted by Crippen LogP contribution is 2.30. The van der Waals surface area contributed by atoms with Crippen LogP contribution in [0.5, 0.6) is 11.5 Å². The van der Waals surface area contributed by atoms with Gasteiger partial charge in [-0.1, -0.05) is 23.7 Å². The number of benzene rings is 2. The van der Waals surface area contributed by atoms with E-state index in [1.165, 1.54) is 0 Å². The topological polar surface area (TPSA) is 71.6 Å². The molecule has 0 radical (unpaired) electrons. The number of thiocarbonyl (C=S) groups is 1. The van der Waals surface area contributed by atoms with E-state index in [4.69, 9.17) is 33.3 Å². The van der Waals surface area contributed by atoms with Gasteiger partial charge < -0.3 is 14.8 Å². The molecule has 1 aliphatic rings. The van der Waals surface area contributed by atoms with Crippen molar-refractivity contribution in [1.29, 1.82) is 0 Å². The molecule has 2 aromatic rings. The molecule has 1 unspecified atom stereocenters. The SMILES string of the molecule is O=C(NNC(=S)Nc1ccc(Cl)cc1)C1COc2ccccc2O1. The fourth-order valence-electron chi connectivity index (χ4n) is 2.04. The second-order valence-corrected chi connectivity index (χ2v) is 5.78. The van der Waals surface area contributed by atoms with Crippen LogP contribution in [0.4, 0.5) is 5.69 Å². The van der Waals surface area contributed by atoms with Crippen LogP contribution in [-0.4, -0.2) is 23.7 Å². The van der Waals surface area contributed by atoms with E-state index in [9.17, 15) is 4.79 Å². The Morgan fingerprint density at radius 2 is 1.79 bits per heavy atom. The number of hydrazine groups is 1. The average Bonchev–Trinajstić information content (AvgIpc) is 2.61. The molecule has 0 bridgehead atoms.